The van der Waals surface area contributed by atoms with Gasteiger partial charge in [0.2, 0.25) is 0 Å². The van der Waals surface area contributed by atoms with Crippen LogP contribution in [0.4, 0.5) is 0 Å². The summed E-state index contributed by atoms with van der Waals surface area (Å²) in [6.45, 7) is 0.507. The monoisotopic (exact) mass is 158 g/mol. The molecule has 0 saturated heterocycles. The SMILES string of the molecule is COCC1(O)CCCCCC1. The fourth-order valence-electron chi connectivity index (χ4n) is 1.80. The quantitative estimate of drug-likeness (QED) is 0.620. The highest BCUT2D eigenvalue weighted by molar-refractivity contribution is 4.80. The molecular weight excluding hydrogens is 140 g/mol. The van der Waals surface area contributed by atoms with E-state index in [1.807, 2.05) is 0 Å². The highest BCUT2D eigenvalue weighted by atomic mass is 16.5. The van der Waals surface area contributed by atoms with Crippen molar-refractivity contribution in [3.63, 3.8) is 0 Å². The van der Waals surface area contributed by atoms with E-state index in [0.29, 0.717) is 6.61 Å². The van der Waals surface area contributed by atoms with Crippen LogP contribution in [0.3, 0.4) is 0 Å². The van der Waals surface area contributed by atoms with Crippen LogP contribution in [0.1, 0.15) is 38.5 Å². The highest BCUT2D eigenvalue weighted by Gasteiger charge is 2.27. The van der Waals surface area contributed by atoms with E-state index in [1.165, 1.54) is 12.8 Å². The Morgan fingerprint density at radius 3 is 2.18 bits per heavy atom. The van der Waals surface area contributed by atoms with Gasteiger partial charge in [0.25, 0.3) is 0 Å². The Balaban J connectivity index is 2.38. The molecule has 0 aromatic heterocycles. The predicted octanol–water partition coefficient (Wildman–Crippen LogP) is 1.72. The third kappa shape index (κ3) is 2.80. The molecule has 1 fully saturated rings. The van der Waals surface area contributed by atoms with Gasteiger partial charge in [-0.05, 0) is 12.8 Å². The van der Waals surface area contributed by atoms with Gasteiger partial charge in [-0.2, -0.15) is 0 Å². The van der Waals surface area contributed by atoms with Crippen molar-refractivity contribution in [2.75, 3.05) is 13.7 Å². The molecule has 11 heavy (non-hydrogen) atoms. The lowest BCUT2D eigenvalue weighted by Gasteiger charge is -2.25. The minimum atomic E-state index is -0.509. The molecule has 0 atom stereocenters. The van der Waals surface area contributed by atoms with Crippen molar-refractivity contribution in [3.8, 4) is 0 Å². The Morgan fingerprint density at radius 2 is 1.73 bits per heavy atom. The zero-order valence-corrected chi connectivity index (χ0v) is 7.31. The number of ether oxygens (including phenoxy) is 1. The van der Waals surface area contributed by atoms with E-state index in [2.05, 4.69) is 0 Å². The fraction of sp³-hybridized carbons (Fsp3) is 1.00. The first-order valence-corrected chi connectivity index (χ1v) is 4.48. The van der Waals surface area contributed by atoms with Crippen LogP contribution in [0.15, 0.2) is 0 Å². The molecule has 66 valence electrons. The van der Waals surface area contributed by atoms with E-state index in [1.54, 1.807) is 7.11 Å². The molecule has 0 heterocycles. The Kier molecular flexibility index (Phi) is 3.34. The van der Waals surface area contributed by atoms with Crippen LogP contribution in [0.25, 0.3) is 0 Å². The lowest BCUT2D eigenvalue weighted by Crippen LogP contribution is -2.33. The minimum absolute atomic E-state index is 0.507. The number of methoxy groups -OCH3 is 1. The fourth-order valence-corrected chi connectivity index (χ4v) is 1.80. The molecule has 2 nitrogen and oxygen atoms in total. The summed E-state index contributed by atoms with van der Waals surface area (Å²) in [7, 11) is 1.66. The predicted molar refractivity (Wildman–Crippen MR) is 44.5 cm³/mol. The first kappa shape index (κ1) is 9.01. The van der Waals surface area contributed by atoms with Gasteiger partial charge in [-0.1, -0.05) is 25.7 Å². The van der Waals surface area contributed by atoms with E-state index in [9.17, 15) is 5.11 Å². The second kappa shape index (κ2) is 4.07. The summed E-state index contributed by atoms with van der Waals surface area (Å²) >= 11 is 0. The first-order valence-electron chi connectivity index (χ1n) is 4.48. The number of aliphatic hydroxyl groups is 1. The van der Waals surface area contributed by atoms with Crippen molar-refractivity contribution >= 4 is 0 Å². The molecule has 1 saturated carbocycles. The molecule has 0 radical (unpaired) electrons. The summed E-state index contributed by atoms with van der Waals surface area (Å²) < 4.78 is 4.99. The summed E-state index contributed by atoms with van der Waals surface area (Å²) in [6.07, 6.45) is 6.68. The van der Waals surface area contributed by atoms with E-state index >= 15 is 0 Å². The third-order valence-corrected chi connectivity index (χ3v) is 2.45. The molecule has 0 aliphatic heterocycles. The Labute approximate surface area is 68.6 Å². The number of hydrogen-bond donors (Lipinski definition) is 1. The molecule has 1 aliphatic carbocycles. The standard InChI is InChI=1S/C9H18O2/c1-11-8-9(10)6-4-2-3-5-7-9/h10H,2-8H2,1H3. The van der Waals surface area contributed by atoms with Gasteiger partial charge >= 0.3 is 0 Å². The highest BCUT2D eigenvalue weighted by Crippen LogP contribution is 2.26. The summed E-state index contributed by atoms with van der Waals surface area (Å²) in [4.78, 5) is 0. The lowest BCUT2D eigenvalue weighted by atomic mass is 9.96. The zero-order chi connectivity index (χ0) is 8.16. The lowest BCUT2D eigenvalue weighted by molar-refractivity contribution is -0.0414. The first-order chi connectivity index (χ1) is 5.27. The largest absolute Gasteiger partial charge is 0.387 e. The van der Waals surface area contributed by atoms with Crippen LogP contribution < -0.4 is 0 Å². The van der Waals surface area contributed by atoms with Gasteiger partial charge in [-0.25, -0.2) is 0 Å². The van der Waals surface area contributed by atoms with Crippen LogP contribution in [0.2, 0.25) is 0 Å². The Bertz CT molecular complexity index is 104. The van der Waals surface area contributed by atoms with Gasteiger partial charge in [0, 0.05) is 7.11 Å². The van der Waals surface area contributed by atoms with Crippen molar-refractivity contribution in [3.05, 3.63) is 0 Å². The molecule has 0 bridgehead atoms. The molecule has 1 rings (SSSR count). The van der Waals surface area contributed by atoms with Crippen molar-refractivity contribution in [2.45, 2.75) is 44.1 Å². The van der Waals surface area contributed by atoms with Gasteiger partial charge < -0.3 is 9.84 Å². The summed E-state index contributed by atoms with van der Waals surface area (Å²) in [6, 6.07) is 0. The summed E-state index contributed by atoms with van der Waals surface area (Å²) in [5, 5.41) is 9.93. The molecule has 0 aromatic rings. The van der Waals surface area contributed by atoms with E-state index in [4.69, 9.17) is 4.74 Å². The molecule has 0 unspecified atom stereocenters. The molecule has 1 N–H and O–H groups in total. The van der Waals surface area contributed by atoms with Crippen LogP contribution >= 0.6 is 0 Å². The second-order valence-corrected chi connectivity index (χ2v) is 3.57. The van der Waals surface area contributed by atoms with Gasteiger partial charge in [0.05, 0.1) is 12.2 Å². The maximum atomic E-state index is 9.93. The molecule has 2 heteroatoms. The van der Waals surface area contributed by atoms with Crippen LogP contribution in [0, 0.1) is 0 Å². The average molecular weight is 158 g/mol. The van der Waals surface area contributed by atoms with Gasteiger partial charge in [-0.3, -0.25) is 0 Å². The Hall–Kier alpha value is -0.0800. The average Bonchev–Trinajstić information content (AvgIpc) is 2.15. The van der Waals surface area contributed by atoms with Crippen molar-refractivity contribution in [2.24, 2.45) is 0 Å². The van der Waals surface area contributed by atoms with Crippen LogP contribution in [-0.4, -0.2) is 24.4 Å². The smallest absolute Gasteiger partial charge is 0.0880 e. The van der Waals surface area contributed by atoms with Crippen molar-refractivity contribution in [1.82, 2.24) is 0 Å². The van der Waals surface area contributed by atoms with Crippen LogP contribution in [0.5, 0.6) is 0 Å². The van der Waals surface area contributed by atoms with Gasteiger partial charge in [0.1, 0.15) is 0 Å². The maximum absolute atomic E-state index is 9.93. The zero-order valence-electron chi connectivity index (χ0n) is 7.31. The topological polar surface area (TPSA) is 29.5 Å². The van der Waals surface area contributed by atoms with Gasteiger partial charge in [0.15, 0.2) is 0 Å². The van der Waals surface area contributed by atoms with Gasteiger partial charge in [-0.15, -0.1) is 0 Å². The molecular formula is C9H18O2. The second-order valence-electron chi connectivity index (χ2n) is 3.57. The minimum Gasteiger partial charge on any atom is -0.387 e. The molecule has 1 aliphatic rings. The maximum Gasteiger partial charge on any atom is 0.0880 e. The van der Waals surface area contributed by atoms with E-state index in [-0.39, 0.29) is 0 Å². The van der Waals surface area contributed by atoms with Crippen molar-refractivity contribution in [1.29, 1.82) is 0 Å². The normalized spacial score (nSPS) is 24.5. The van der Waals surface area contributed by atoms with Crippen LogP contribution in [-0.2, 0) is 4.74 Å². The van der Waals surface area contributed by atoms with E-state index < -0.39 is 5.60 Å². The Morgan fingerprint density at radius 1 is 1.18 bits per heavy atom. The van der Waals surface area contributed by atoms with Crippen molar-refractivity contribution < 1.29 is 9.84 Å². The molecule has 0 amide bonds. The van der Waals surface area contributed by atoms with E-state index in [0.717, 1.165) is 25.7 Å². The summed E-state index contributed by atoms with van der Waals surface area (Å²) in [5.41, 5.74) is -0.509. The number of hydrogen-bond acceptors (Lipinski definition) is 2. The summed E-state index contributed by atoms with van der Waals surface area (Å²) in [5.74, 6) is 0. The third-order valence-electron chi connectivity index (χ3n) is 2.45. The molecule has 0 aromatic carbocycles. The molecule has 0 spiro atoms. The number of rotatable bonds is 2.